The molecule has 128 valence electrons. The molecule has 1 amide bonds. The summed E-state index contributed by atoms with van der Waals surface area (Å²) in [5.74, 6) is 2.24. The van der Waals surface area contributed by atoms with Crippen LogP contribution in [0.2, 0.25) is 0 Å². The van der Waals surface area contributed by atoms with E-state index in [1.807, 2.05) is 38.1 Å². The van der Waals surface area contributed by atoms with Gasteiger partial charge in [0, 0.05) is 5.75 Å². The maximum Gasteiger partial charge on any atom is 0.230 e. The number of nitrogens with one attached hydrogen (secondary N) is 1. The van der Waals surface area contributed by atoms with E-state index in [1.165, 1.54) is 22.3 Å². The Labute approximate surface area is 148 Å². The summed E-state index contributed by atoms with van der Waals surface area (Å²) in [4.78, 5) is 11.9. The fourth-order valence-electron chi connectivity index (χ4n) is 2.45. The van der Waals surface area contributed by atoms with Gasteiger partial charge in [-0.1, -0.05) is 30.3 Å². The second kappa shape index (κ2) is 9.38. The maximum absolute atomic E-state index is 11.9. The standard InChI is InChI=1S/C20H25NO2S/c1-15-10-16(2)12-19(11-15)23-9-8-21-20(22)14-24-13-18-7-5-4-6-17(18)3/h4-7,10-12H,8-9,13-14H2,1-3H3,(H,21,22). The van der Waals surface area contributed by atoms with E-state index in [0.717, 1.165) is 11.5 Å². The molecule has 0 aliphatic rings. The molecule has 1 N–H and O–H groups in total. The highest BCUT2D eigenvalue weighted by molar-refractivity contribution is 7.99. The molecular formula is C20H25NO2S. The molecule has 0 aromatic heterocycles. The van der Waals surface area contributed by atoms with Crippen molar-refractivity contribution in [1.29, 1.82) is 0 Å². The summed E-state index contributed by atoms with van der Waals surface area (Å²) < 4.78 is 5.69. The predicted molar refractivity (Wildman–Crippen MR) is 102 cm³/mol. The van der Waals surface area contributed by atoms with E-state index in [9.17, 15) is 4.79 Å². The van der Waals surface area contributed by atoms with E-state index in [-0.39, 0.29) is 5.91 Å². The minimum Gasteiger partial charge on any atom is -0.492 e. The van der Waals surface area contributed by atoms with Gasteiger partial charge in [-0.25, -0.2) is 0 Å². The van der Waals surface area contributed by atoms with Crippen LogP contribution in [0, 0.1) is 20.8 Å². The molecule has 0 atom stereocenters. The van der Waals surface area contributed by atoms with Gasteiger partial charge < -0.3 is 10.1 Å². The first kappa shape index (κ1) is 18.4. The fraction of sp³-hybridized carbons (Fsp3) is 0.350. The molecule has 2 rings (SSSR count). The third kappa shape index (κ3) is 6.28. The van der Waals surface area contributed by atoms with Gasteiger partial charge in [-0.2, -0.15) is 0 Å². The van der Waals surface area contributed by atoms with Crippen LogP contribution in [-0.2, 0) is 10.5 Å². The summed E-state index contributed by atoms with van der Waals surface area (Å²) in [5, 5.41) is 2.90. The Bertz CT molecular complexity index is 665. The van der Waals surface area contributed by atoms with E-state index in [4.69, 9.17) is 4.74 Å². The van der Waals surface area contributed by atoms with E-state index in [0.29, 0.717) is 18.9 Å². The molecule has 24 heavy (non-hydrogen) atoms. The number of aryl methyl sites for hydroxylation is 3. The highest BCUT2D eigenvalue weighted by Gasteiger charge is 2.03. The molecular weight excluding hydrogens is 318 g/mol. The van der Waals surface area contributed by atoms with Gasteiger partial charge in [0.05, 0.1) is 12.3 Å². The molecule has 2 aromatic carbocycles. The molecule has 0 heterocycles. The Hall–Kier alpha value is -1.94. The van der Waals surface area contributed by atoms with Gasteiger partial charge in [-0.3, -0.25) is 4.79 Å². The molecule has 0 fully saturated rings. The van der Waals surface area contributed by atoms with Crippen molar-refractivity contribution < 1.29 is 9.53 Å². The van der Waals surface area contributed by atoms with Crippen molar-refractivity contribution in [1.82, 2.24) is 5.32 Å². The van der Waals surface area contributed by atoms with E-state index in [1.54, 1.807) is 11.8 Å². The Morgan fingerprint density at radius 2 is 1.79 bits per heavy atom. The zero-order valence-corrected chi connectivity index (χ0v) is 15.4. The summed E-state index contributed by atoms with van der Waals surface area (Å²) in [6, 6.07) is 14.4. The van der Waals surface area contributed by atoms with Crippen molar-refractivity contribution in [3.63, 3.8) is 0 Å². The lowest BCUT2D eigenvalue weighted by atomic mass is 10.1. The van der Waals surface area contributed by atoms with Crippen molar-refractivity contribution in [2.45, 2.75) is 26.5 Å². The molecule has 0 saturated heterocycles. The molecule has 0 radical (unpaired) electrons. The van der Waals surface area contributed by atoms with Crippen molar-refractivity contribution in [3.8, 4) is 5.75 Å². The van der Waals surface area contributed by atoms with E-state index < -0.39 is 0 Å². The van der Waals surface area contributed by atoms with Gasteiger partial charge in [-0.15, -0.1) is 11.8 Å². The smallest absolute Gasteiger partial charge is 0.230 e. The quantitative estimate of drug-likeness (QED) is 0.735. The van der Waals surface area contributed by atoms with Crippen LogP contribution >= 0.6 is 11.8 Å². The monoisotopic (exact) mass is 343 g/mol. The Morgan fingerprint density at radius 3 is 2.50 bits per heavy atom. The average Bonchev–Trinajstić information content (AvgIpc) is 2.52. The van der Waals surface area contributed by atoms with E-state index in [2.05, 4.69) is 30.4 Å². The first-order chi connectivity index (χ1) is 11.5. The van der Waals surface area contributed by atoms with Crippen molar-refractivity contribution >= 4 is 17.7 Å². The number of amides is 1. The number of rotatable bonds is 8. The molecule has 0 spiro atoms. The van der Waals surface area contributed by atoms with Crippen molar-refractivity contribution in [2.24, 2.45) is 0 Å². The normalized spacial score (nSPS) is 10.5. The van der Waals surface area contributed by atoms with Crippen LogP contribution in [-0.4, -0.2) is 24.8 Å². The number of ether oxygens (including phenoxy) is 1. The third-order valence-electron chi connectivity index (χ3n) is 3.64. The zero-order valence-electron chi connectivity index (χ0n) is 14.6. The highest BCUT2D eigenvalue weighted by atomic mass is 32.2. The molecule has 0 saturated carbocycles. The second-order valence-corrected chi connectivity index (χ2v) is 6.93. The lowest BCUT2D eigenvalue weighted by Crippen LogP contribution is -2.29. The van der Waals surface area contributed by atoms with Crippen LogP contribution < -0.4 is 10.1 Å². The first-order valence-corrected chi connectivity index (χ1v) is 9.30. The molecule has 3 nitrogen and oxygen atoms in total. The Kier molecular flexibility index (Phi) is 7.19. The van der Waals surface area contributed by atoms with Gasteiger partial charge in [0.1, 0.15) is 12.4 Å². The molecule has 0 unspecified atom stereocenters. The zero-order chi connectivity index (χ0) is 17.4. The van der Waals surface area contributed by atoms with Gasteiger partial charge in [0.2, 0.25) is 5.91 Å². The number of carbonyl (C=O) groups excluding carboxylic acids is 1. The van der Waals surface area contributed by atoms with Crippen molar-refractivity contribution in [3.05, 3.63) is 64.7 Å². The molecule has 2 aromatic rings. The minimum absolute atomic E-state index is 0.0533. The fourth-order valence-corrected chi connectivity index (χ4v) is 3.39. The molecule has 0 bridgehead atoms. The van der Waals surface area contributed by atoms with Crippen molar-refractivity contribution in [2.75, 3.05) is 18.9 Å². The summed E-state index contributed by atoms with van der Waals surface area (Å²) in [6.07, 6.45) is 0. The summed E-state index contributed by atoms with van der Waals surface area (Å²) in [7, 11) is 0. The van der Waals surface area contributed by atoms with Crippen LogP contribution in [0.1, 0.15) is 22.3 Å². The Morgan fingerprint density at radius 1 is 1.08 bits per heavy atom. The number of hydrogen-bond acceptors (Lipinski definition) is 3. The van der Waals surface area contributed by atoms with Crippen LogP contribution in [0.3, 0.4) is 0 Å². The minimum atomic E-state index is 0.0533. The average molecular weight is 343 g/mol. The number of thioether (sulfide) groups is 1. The van der Waals surface area contributed by atoms with Gasteiger partial charge in [-0.05, 0) is 55.2 Å². The van der Waals surface area contributed by atoms with Crippen LogP contribution in [0.5, 0.6) is 5.75 Å². The third-order valence-corrected chi connectivity index (χ3v) is 4.62. The van der Waals surface area contributed by atoms with Crippen LogP contribution in [0.4, 0.5) is 0 Å². The predicted octanol–water partition coefficient (Wildman–Crippen LogP) is 4.04. The van der Waals surface area contributed by atoms with Gasteiger partial charge >= 0.3 is 0 Å². The largest absolute Gasteiger partial charge is 0.492 e. The summed E-state index contributed by atoms with van der Waals surface area (Å²) in [6.45, 7) is 7.20. The lowest BCUT2D eigenvalue weighted by molar-refractivity contribution is -0.118. The number of benzene rings is 2. The van der Waals surface area contributed by atoms with Crippen LogP contribution in [0.15, 0.2) is 42.5 Å². The van der Waals surface area contributed by atoms with E-state index >= 15 is 0 Å². The molecule has 0 aliphatic carbocycles. The number of carbonyl (C=O) groups is 1. The topological polar surface area (TPSA) is 38.3 Å². The number of hydrogen-bond donors (Lipinski definition) is 1. The summed E-state index contributed by atoms with van der Waals surface area (Å²) >= 11 is 1.63. The van der Waals surface area contributed by atoms with Crippen LogP contribution in [0.25, 0.3) is 0 Å². The maximum atomic E-state index is 11.9. The second-order valence-electron chi connectivity index (χ2n) is 5.94. The lowest BCUT2D eigenvalue weighted by Gasteiger charge is -2.09. The molecule has 4 heteroatoms. The summed E-state index contributed by atoms with van der Waals surface area (Å²) in [5.41, 5.74) is 4.92. The SMILES string of the molecule is Cc1cc(C)cc(OCCNC(=O)CSCc2ccccc2C)c1. The highest BCUT2D eigenvalue weighted by Crippen LogP contribution is 2.16. The van der Waals surface area contributed by atoms with Gasteiger partial charge in [0.25, 0.3) is 0 Å². The van der Waals surface area contributed by atoms with Gasteiger partial charge in [0.15, 0.2) is 0 Å². The Balaban J connectivity index is 1.62. The molecule has 0 aliphatic heterocycles. The first-order valence-electron chi connectivity index (χ1n) is 8.14.